The summed E-state index contributed by atoms with van der Waals surface area (Å²) in [4.78, 5) is 29.9. The van der Waals surface area contributed by atoms with Crippen LogP contribution >= 0.6 is 11.8 Å². The molecule has 3 heterocycles. The number of fused-ring (bicyclic) bond motifs is 1. The summed E-state index contributed by atoms with van der Waals surface area (Å²) in [5, 5.41) is 10.7. The van der Waals surface area contributed by atoms with Crippen molar-refractivity contribution >= 4 is 23.6 Å². The van der Waals surface area contributed by atoms with Gasteiger partial charge in [-0.25, -0.2) is 5.43 Å². The number of hydrogen-bond acceptors (Lipinski definition) is 8. The summed E-state index contributed by atoms with van der Waals surface area (Å²) >= 11 is 2.06. The Bertz CT molecular complexity index is 641. The molecule has 4 fully saturated rings. The molecule has 182 valence electrons. The molecule has 32 heavy (non-hydrogen) atoms. The van der Waals surface area contributed by atoms with Gasteiger partial charge in [0.1, 0.15) is 6.23 Å². The number of rotatable bonds is 10. The summed E-state index contributed by atoms with van der Waals surface area (Å²) in [7, 11) is 0. The number of hydrogen-bond donors (Lipinski definition) is 6. The lowest BCUT2D eigenvalue weighted by Crippen LogP contribution is -2.64. The molecular formula is C22H40N6O3S. The standard InChI is InChI=1S/C22H40N6O3S/c1-2-17-16(10-13-32-17)21-25-19(31-28-21)9-8-18(29)23-11-5-12-24-20-14-6-3-4-7-15(14)22(30)27-26-20/h14-17,19-21,24-26,28H,2-13H2,1H3,(H,23,29)(H,27,30). The van der Waals surface area contributed by atoms with E-state index in [1.807, 2.05) is 0 Å². The lowest BCUT2D eigenvalue weighted by atomic mass is 9.76. The molecule has 0 aromatic heterocycles. The number of carbonyl (C=O) groups is 2. The van der Waals surface area contributed by atoms with E-state index in [1.54, 1.807) is 0 Å². The minimum atomic E-state index is -0.105. The molecule has 4 aliphatic rings. The van der Waals surface area contributed by atoms with E-state index in [1.165, 1.54) is 25.0 Å². The Labute approximate surface area is 195 Å². The average Bonchev–Trinajstić information content (AvgIpc) is 3.48. The van der Waals surface area contributed by atoms with Crippen molar-refractivity contribution in [1.82, 2.24) is 32.3 Å². The van der Waals surface area contributed by atoms with E-state index in [4.69, 9.17) is 4.84 Å². The first kappa shape index (κ1) is 24.2. The summed E-state index contributed by atoms with van der Waals surface area (Å²) < 4.78 is 0. The normalized spacial score (nSPS) is 37.2. The Morgan fingerprint density at radius 1 is 1.19 bits per heavy atom. The lowest BCUT2D eigenvalue weighted by Gasteiger charge is -2.41. The van der Waals surface area contributed by atoms with E-state index in [2.05, 4.69) is 51.0 Å². The van der Waals surface area contributed by atoms with E-state index in [0.29, 0.717) is 36.5 Å². The summed E-state index contributed by atoms with van der Waals surface area (Å²) in [6.07, 6.45) is 8.99. The molecule has 2 amide bonds. The molecule has 0 aromatic carbocycles. The highest BCUT2D eigenvalue weighted by Gasteiger charge is 2.40. The quantitative estimate of drug-likeness (QED) is 0.263. The van der Waals surface area contributed by atoms with Crippen LogP contribution in [0.1, 0.15) is 64.7 Å². The van der Waals surface area contributed by atoms with Crippen LogP contribution in [0.25, 0.3) is 0 Å². The molecule has 7 unspecified atom stereocenters. The molecule has 3 saturated heterocycles. The molecule has 0 spiro atoms. The van der Waals surface area contributed by atoms with E-state index in [0.717, 1.165) is 32.2 Å². The third-order valence-corrected chi connectivity index (χ3v) is 8.99. The van der Waals surface area contributed by atoms with Gasteiger partial charge in [0.15, 0.2) is 0 Å². The van der Waals surface area contributed by atoms with E-state index >= 15 is 0 Å². The van der Waals surface area contributed by atoms with Gasteiger partial charge in [-0.2, -0.15) is 17.2 Å². The zero-order valence-corrected chi connectivity index (χ0v) is 20.0. The van der Waals surface area contributed by atoms with E-state index < -0.39 is 0 Å². The predicted octanol–water partition coefficient (Wildman–Crippen LogP) is 0.938. The lowest BCUT2D eigenvalue weighted by molar-refractivity contribution is -0.134. The van der Waals surface area contributed by atoms with Crippen LogP contribution in [0, 0.1) is 17.8 Å². The maximum Gasteiger partial charge on any atom is 0.237 e. The van der Waals surface area contributed by atoms with Crippen LogP contribution in [-0.2, 0) is 14.4 Å². The van der Waals surface area contributed by atoms with E-state index in [9.17, 15) is 9.59 Å². The van der Waals surface area contributed by atoms with Crippen LogP contribution in [0.5, 0.6) is 0 Å². The van der Waals surface area contributed by atoms with Crippen molar-refractivity contribution in [2.45, 2.75) is 88.5 Å². The summed E-state index contributed by atoms with van der Waals surface area (Å²) in [5.74, 6) is 2.50. The van der Waals surface area contributed by atoms with E-state index in [-0.39, 0.29) is 36.3 Å². The molecule has 0 aromatic rings. The highest BCUT2D eigenvalue weighted by molar-refractivity contribution is 8.00. The minimum Gasteiger partial charge on any atom is -0.356 e. The SMILES string of the molecule is CCC1SCCC1C1NOC(CCC(=O)NCCCNC2NNC(=O)C3CCCCC23)N1. The fourth-order valence-electron chi connectivity index (χ4n) is 5.60. The molecule has 1 saturated carbocycles. The molecule has 4 rings (SSSR count). The van der Waals surface area contributed by atoms with Gasteiger partial charge < -0.3 is 10.6 Å². The summed E-state index contributed by atoms with van der Waals surface area (Å²) in [5.41, 5.74) is 9.09. The molecule has 10 heteroatoms. The van der Waals surface area contributed by atoms with Crippen molar-refractivity contribution in [1.29, 1.82) is 0 Å². The third kappa shape index (κ3) is 6.15. The van der Waals surface area contributed by atoms with Gasteiger partial charge >= 0.3 is 0 Å². The molecular weight excluding hydrogens is 428 g/mol. The fraction of sp³-hybridized carbons (Fsp3) is 0.909. The van der Waals surface area contributed by atoms with Crippen molar-refractivity contribution < 1.29 is 14.4 Å². The van der Waals surface area contributed by atoms with Crippen LogP contribution in [0.4, 0.5) is 0 Å². The van der Waals surface area contributed by atoms with Gasteiger partial charge in [-0.05, 0) is 50.8 Å². The number of amides is 2. The molecule has 0 radical (unpaired) electrons. The molecule has 7 atom stereocenters. The topological polar surface area (TPSA) is 116 Å². The first-order valence-electron chi connectivity index (χ1n) is 12.5. The van der Waals surface area contributed by atoms with Crippen molar-refractivity contribution in [3.05, 3.63) is 0 Å². The Morgan fingerprint density at radius 3 is 2.94 bits per heavy atom. The number of nitrogens with one attached hydrogen (secondary N) is 6. The van der Waals surface area contributed by atoms with Crippen molar-refractivity contribution in [3.8, 4) is 0 Å². The second kappa shape index (κ2) is 12.0. The molecule has 9 nitrogen and oxygen atoms in total. The number of hydroxylamine groups is 1. The molecule has 3 aliphatic heterocycles. The molecule has 6 N–H and O–H groups in total. The average molecular weight is 469 g/mol. The van der Waals surface area contributed by atoms with Gasteiger partial charge in [0, 0.05) is 36.0 Å². The maximum absolute atomic E-state index is 12.2. The summed E-state index contributed by atoms with van der Waals surface area (Å²) in [6, 6.07) is 0. The van der Waals surface area contributed by atoms with Gasteiger partial charge in [0.25, 0.3) is 0 Å². The zero-order chi connectivity index (χ0) is 22.3. The van der Waals surface area contributed by atoms with Gasteiger partial charge in [0.2, 0.25) is 11.8 Å². The fourth-order valence-corrected chi connectivity index (χ4v) is 7.09. The van der Waals surface area contributed by atoms with Gasteiger partial charge in [-0.1, -0.05) is 19.8 Å². The van der Waals surface area contributed by atoms with Gasteiger partial charge in [0.05, 0.1) is 12.3 Å². The smallest absolute Gasteiger partial charge is 0.237 e. The second-order valence-electron chi connectivity index (χ2n) is 9.50. The zero-order valence-electron chi connectivity index (χ0n) is 19.2. The molecule has 1 aliphatic carbocycles. The van der Waals surface area contributed by atoms with Crippen molar-refractivity contribution in [3.63, 3.8) is 0 Å². The van der Waals surface area contributed by atoms with Gasteiger partial charge in [-0.3, -0.25) is 25.2 Å². The van der Waals surface area contributed by atoms with Crippen LogP contribution in [-0.4, -0.2) is 54.5 Å². The first-order valence-corrected chi connectivity index (χ1v) is 13.5. The first-order chi connectivity index (χ1) is 15.7. The van der Waals surface area contributed by atoms with Crippen LogP contribution in [0.15, 0.2) is 0 Å². The largest absolute Gasteiger partial charge is 0.356 e. The number of carbonyl (C=O) groups excluding carboxylic acids is 2. The monoisotopic (exact) mass is 468 g/mol. The number of thioether (sulfide) groups is 1. The highest BCUT2D eigenvalue weighted by atomic mass is 32.2. The Balaban J connectivity index is 1.06. The Hall–Kier alpha value is -0.910. The highest BCUT2D eigenvalue weighted by Crippen LogP contribution is 2.37. The predicted molar refractivity (Wildman–Crippen MR) is 125 cm³/mol. The second-order valence-corrected chi connectivity index (χ2v) is 10.8. The Morgan fingerprint density at radius 2 is 2.06 bits per heavy atom. The third-order valence-electron chi connectivity index (χ3n) is 7.40. The van der Waals surface area contributed by atoms with Crippen molar-refractivity contribution in [2.75, 3.05) is 18.8 Å². The van der Waals surface area contributed by atoms with Crippen molar-refractivity contribution in [2.24, 2.45) is 17.8 Å². The maximum atomic E-state index is 12.2. The van der Waals surface area contributed by atoms with Crippen LogP contribution in [0.2, 0.25) is 0 Å². The number of hydrazine groups is 1. The molecule has 0 bridgehead atoms. The summed E-state index contributed by atoms with van der Waals surface area (Å²) in [6.45, 7) is 3.70. The minimum absolute atomic E-state index is 0.0668. The van der Waals surface area contributed by atoms with Crippen LogP contribution in [0.3, 0.4) is 0 Å². The van der Waals surface area contributed by atoms with Crippen LogP contribution < -0.4 is 32.3 Å². The van der Waals surface area contributed by atoms with Gasteiger partial charge in [-0.15, -0.1) is 0 Å². The Kier molecular flexibility index (Phi) is 9.07.